The standard InChI is InChI=1S/C16H20N2O6/c1-9(19)18-16-5-4-12(7-17-16)13-6-14(23-11(3)21)15(24-13)8-22-10(2)20/h4-5,7,13-15H,6,8H2,1-3H3,(H,17,18,19)/t13-,14+,15-/m1/s1. The lowest BCUT2D eigenvalue weighted by Gasteiger charge is -2.17. The zero-order valence-corrected chi connectivity index (χ0v) is 13.8. The number of anilines is 1. The molecule has 1 aromatic heterocycles. The summed E-state index contributed by atoms with van der Waals surface area (Å²) in [5, 5.41) is 2.58. The van der Waals surface area contributed by atoms with Crippen LogP contribution in [0.25, 0.3) is 0 Å². The van der Waals surface area contributed by atoms with Gasteiger partial charge in [0, 0.05) is 33.4 Å². The van der Waals surface area contributed by atoms with Crippen molar-refractivity contribution in [2.45, 2.75) is 45.5 Å². The first-order valence-electron chi connectivity index (χ1n) is 7.54. The molecule has 8 nitrogen and oxygen atoms in total. The molecule has 3 atom stereocenters. The van der Waals surface area contributed by atoms with Gasteiger partial charge in [0.15, 0.2) is 0 Å². The van der Waals surface area contributed by atoms with Gasteiger partial charge in [0.1, 0.15) is 24.6 Å². The predicted octanol–water partition coefficient (Wildman–Crippen LogP) is 1.36. The van der Waals surface area contributed by atoms with Crippen LogP contribution in [0.3, 0.4) is 0 Å². The van der Waals surface area contributed by atoms with Crippen molar-refractivity contribution in [1.82, 2.24) is 4.98 Å². The third kappa shape index (κ3) is 5.02. The largest absolute Gasteiger partial charge is 0.463 e. The summed E-state index contributed by atoms with van der Waals surface area (Å²) >= 11 is 0. The number of rotatable bonds is 5. The highest BCUT2D eigenvalue weighted by atomic mass is 16.6. The lowest BCUT2D eigenvalue weighted by atomic mass is 10.1. The van der Waals surface area contributed by atoms with Crippen molar-refractivity contribution in [1.29, 1.82) is 0 Å². The zero-order valence-electron chi connectivity index (χ0n) is 13.8. The number of ether oxygens (including phenoxy) is 3. The molecule has 1 saturated heterocycles. The minimum Gasteiger partial charge on any atom is -0.463 e. The molecule has 0 unspecified atom stereocenters. The Morgan fingerprint density at radius 3 is 2.54 bits per heavy atom. The summed E-state index contributed by atoms with van der Waals surface area (Å²) in [4.78, 5) is 37.4. The lowest BCUT2D eigenvalue weighted by Crippen LogP contribution is -2.31. The van der Waals surface area contributed by atoms with E-state index in [0.717, 1.165) is 5.56 Å². The van der Waals surface area contributed by atoms with Crippen LogP contribution in [-0.2, 0) is 28.6 Å². The maximum absolute atomic E-state index is 11.2. The highest BCUT2D eigenvalue weighted by molar-refractivity contribution is 5.87. The van der Waals surface area contributed by atoms with Crippen molar-refractivity contribution in [3.63, 3.8) is 0 Å². The highest BCUT2D eigenvalue weighted by Crippen LogP contribution is 2.35. The summed E-state index contributed by atoms with van der Waals surface area (Å²) in [6.45, 7) is 4.04. The average molecular weight is 336 g/mol. The number of aromatic nitrogens is 1. The van der Waals surface area contributed by atoms with Crippen molar-refractivity contribution >= 4 is 23.7 Å². The average Bonchev–Trinajstić information content (AvgIpc) is 2.87. The number of esters is 2. The normalized spacial score (nSPS) is 22.7. The smallest absolute Gasteiger partial charge is 0.302 e. The number of carbonyl (C=O) groups is 3. The van der Waals surface area contributed by atoms with Crippen LogP contribution in [0.5, 0.6) is 0 Å². The van der Waals surface area contributed by atoms with Crippen LogP contribution >= 0.6 is 0 Å². The van der Waals surface area contributed by atoms with Crippen molar-refractivity contribution in [3.05, 3.63) is 23.9 Å². The highest BCUT2D eigenvalue weighted by Gasteiger charge is 2.39. The summed E-state index contributed by atoms with van der Waals surface area (Å²) in [5.41, 5.74) is 0.784. The zero-order chi connectivity index (χ0) is 17.7. The Balaban J connectivity index is 2.06. The molecule has 0 saturated carbocycles. The van der Waals surface area contributed by atoms with E-state index >= 15 is 0 Å². The summed E-state index contributed by atoms with van der Waals surface area (Å²) in [7, 11) is 0. The predicted molar refractivity (Wildman–Crippen MR) is 83.0 cm³/mol. The van der Waals surface area contributed by atoms with Gasteiger partial charge in [-0.05, 0) is 11.6 Å². The fourth-order valence-corrected chi connectivity index (χ4v) is 2.46. The molecule has 8 heteroatoms. The number of amides is 1. The fraction of sp³-hybridized carbons (Fsp3) is 0.500. The minimum absolute atomic E-state index is 0.0151. The van der Waals surface area contributed by atoms with Gasteiger partial charge in [-0.1, -0.05) is 6.07 Å². The molecule has 0 bridgehead atoms. The van der Waals surface area contributed by atoms with Gasteiger partial charge < -0.3 is 19.5 Å². The van der Waals surface area contributed by atoms with Crippen LogP contribution in [0.4, 0.5) is 5.82 Å². The Morgan fingerprint density at radius 1 is 1.25 bits per heavy atom. The van der Waals surface area contributed by atoms with E-state index in [4.69, 9.17) is 14.2 Å². The molecule has 0 aliphatic carbocycles. The van der Waals surface area contributed by atoms with Gasteiger partial charge in [0.2, 0.25) is 5.91 Å². The third-order valence-electron chi connectivity index (χ3n) is 3.43. The number of nitrogens with zero attached hydrogens (tertiary/aromatic N) is 1. The van der Waals surface area contributed by atoms with Gasteiger partial charge in [-0.15, -0.1) is 0 Å². The van der Waals surface area contributed by atoms with Crippen LogP contribution in [0.15, 0.2) is 18.3 Å². The summed E-state index contributed by atoms with van der Waals surface area (Å²) < 4.78 is 16.1. The van der Waals surface area contributed by atoms with Crippen LogP contribution in [-0.4, -0.2) is 41.6 Å². The van der Waals surface area contributed by atoms with Gasteiger partial charge in [-0.25, -0.2) is 4.98 Å². The molecule has 1 aliphatic rings. The molecule has 130 valence electrons. The van der Waals surface area contributed by atoms with E-state index in [9.17, 15) is 14.4 Å². The molecule has 1 aliphatic heterocycles. The summed E-state index contributed by atoms with van der Waals surface area (Å²) in [5.74, 6) is -0.609. The minimum atomic E-state index is -0.530. The first kappa shape index (κ1) is 17.9. The van der Waals surface area contributed by atoms with E-state index in [1.165, 1.54) is 20.8 Å². The Morgan fingerprint density at radius 2 is 2.00 bits per heavy atom. The maximum atomic E-state index is 11.2. The second-order valence-electron chi connectivity index (χ2n) is 5.51. The van der Waals surface area contributed by atoms with Crippen molar-refractivity contribution < 1.29 is 28.6 Å². The number of pyridine rings is 1. The quantitative estimate of drug-likeness (QED) is 0.810. The molecule has 2 rings (SSSR count). The van der Waals surface area contributed by atoms with E-state index in [0.29, 0.717) is 12.2 Å². The molecule has 1 amide bonds. The monoisotopic (exact) mass is 336 g/mol. The van der Waals surface area contributed by atoms with Gasteiger partial charge in [-0.2, -0.15) is 0 Å². The van der Waals surface area contributed by atoms with Crippen molar-refractivity contribution in [3.8, 4) is 0 Å². The molecular formula is C16H20N2O6. The molecule has 0 radical (unpaired) electrons. The molecular weight excluding hydrogens is 316 g/mol. The second kappa shape index (κ2) is 7.87. The van der Waals surface area contributed by atoms with E-state index in [-0.39, 0.29) is 18.6 Å². The number of hydrogen-bond acceptors (Lipinski definition) is 7. The van der Waals surface area contributed by atoms with Crippen LogP contribution in [0.2, 0.25) is 0 Å². The van der Waals surface area contributed by atoms with Crippen LogP contribution in [0.1, 0.15) is 38.9 Å². The fourth-order valence-electron chi connectivity index (χ4n) is 2.46. The number of hydrogen-bond donors (Lipinski definition) is 1. The van der Waals surface area contributed by atoms with Crippen LogP contribution < -0.4 is 5.32 Å². The number of nitrogens with one attached hydrogen (secondary N) is 1. The van der Waals surface area contributed by atoms with E-state index in [1.54, 1.807) is 18.3 Å². The van der Waals surface area contributed by atoms with E-state index in [2.05, 4.69) is 10.3 Å². The Bertz CT molecular complexity index is 615. The topological polar surface area (TPSA) is 104 Å². The third-order valence-corrected chi connectivity index (χ3v) is 3.43. The molecule has 0 aromatic carbocycles. The second-order valence-corrected chi connectivity index (χ2v) is 5.51. The van der Waals surface area contributed by atoms with Gasteiger partial charge in [-0.3, -0.25) is 14.4 Å². The molecule has 1 aromatic rings. The molecule has 2 heterocycles. The maximum Gasteiger partial charge on any atom is 0.302 e. The summed E-state index contributed by atoms with van der Waals surface area (Å²) in [6, 6.07) is 3.45. The first-order chi connectivity index (χ1) is 11.3. The SMILES string of the molecule is CC(=O)Nc1ccc([C@H]2C[C@H](OC(C)=O)[C@@H](COC(C)=O)O2)cn1. The van der Waals surface area contributed by atoms with Gasteiger partial charge >= 0.3 is 11.9 Å². The van der Waals surface area contributed by atoms with Gasteiger partial charge in [0.25, 0.3) is 0 Å². The Hall–Kier alpha value is -2.48. The molecule has 1 N–H and O–H groups in total. The Kier molecular flexibility index (Phi) is 5.86. The summed E-state index contributed by atoms with van der Waals surface area (Å²) in [6.07, 6.45) is 0.662. The Labute approximate surface area is 139 Å². The molecule has 0 spiro atoms. The van der Waals surface area contributed by atoms with Crippen molar-refractivity contribution in [2.75, 3.05) is 11.9 Å². The number of carbonyl (C=O) groups excluding carboxylic acids is 3. The molecule has 24 heavy (non-hydrogen) atoms. The van der Waals surface area contributed by atoms with E-state index in [1.807, 2.05) is 0 Å². The lowest BCUT2D eigenvalue weighted by molar-refractivity contribution is -0.154. The molecule has 1 fully saturated rings. The first-order valence-corrected chi connectivity index (χ1v) is 7.54. The van der Waals surface area contributed by atoms with Crippen molar-refractivity contribution in [2.24, 2.45) is 0 Å². The van der Waals surface area contributed by atoms with E-state index < -0.39 is 24.1 Å². The van der Waals surface area contributed by atoms with Gasteiger partial charge in [0.05, 0.1) is 6.10 Å². The van der Waals surface area contributed by atoms with Crippen LogP contribution in [0, 0.1) is 0 Å².